The molecule has 21 heavy (non-hydrogen) atoms. The van der Waals surface area contributed by atoms with Crippen molar-refractivity contribution in [2.75, 3.05) is 11.9 Å². The van der Waals surface area contributed by atoms with Gasteiger partial charge in [0.1, 0.15) is 5.82 Å². The summed E-state index contributed by atoms with van der Waals surface area (Å²) in [6, 6.07) is 8.17. The summed E-state index contributed by atoms with van der Waals surface area (Å²) in [4.78, 5) is 24.4. The summed E-state index contributed by atoms with van der Waals surface area (Å²) in [5, 5.41) is 6.85. The van der Waals surface area contributed by atoms with Crippen LogP contribution in [0.1, 0.15) is 10.4 Å². The topological polar surface area (TPSA) is 58.2 Å². The number of hydrogen-bond acceptors (Lipinski definition) is 3. The lowest BCUT2D eigenvalue weighted by Gasteiger charge is -2.07. The Hall–Kier alpha value is -2.21. The first-order valence-corrected chi connectivity index (χ1v) is 7.32. The summed E-state index contributed by atoms with van der Waals surface area (Å²) < 4.78 is 13.3. The molecule has 1 heterocycles. The van der Waals surface area contributed by atoms with Crippen LogP contribution in [0.15, 0.2) is 35.7 Å². The van der Waals surface area contributed by atoms with Crippen molar-refractivity contribution in [3.8, 4) is 0 Å². The monoisotopic (exact) mass is 306 g/mol. The third kappa shape index (κ3) is 4.39. The molecule has 0 aliphatic heterocycles. The molecular formula is C15H15FN2O2S. The van der Waals surface area contributed by atoms with Crippen LogP contribution >= 0.6 is 11.3 Å². The van der Waals surface area contributed by atoms with E-state index in [0.717, 1.165) is 4.88 Å². The van der Waals surface area contributed by atoms with Crippen molar-refractivity contribution < 1.29 is 14.0 Å². The van der Waals surface area contributed by atoms with Crippen LogP contribution in [-0.2, 0) is 16.0 Å². The second-order valence-electron chi connectivity index (χ2n) is 4.50. The molecule has 1 aromatic heterocycles. The minimum Gasteiger partial charge on any atom is -0.347 e. The van der Waals surface area contributed by atoms with Crippen LogP contribution in [0.5, 0.6) is 0 Å². The number of nitrogens with one attached hydrogen (secondary N) is 2. The molecule has 0 aliphatic carbocycles. The zero-order chi connectivity index (χ0) is 15.2. The van der Waals surface area contributed by atoms with Crippen molar-refractivity contribution in [1.82, 2.24) is 5.32 Å². The molecule has 0 radical (unpaired) electrons. The summed E-state index contributed by atoms with van der Waals surface area (Å²) in [6.45, 7) is 2.01. The highest BCUT2D eigenvalue weighted by molar-refractivity contribution is 7.09. The van der Waals surface area contributed by atoms with E-state index in [1.807, 2.05) is 17.5 Å². The molecule has 2 rings (SSSR count). The van der Waals surface area contributed by atoms with Crippen LogP contribution in [0.25, 0.3) is 0 Å². The third-order valence-electron chi connectivity index (χ3n) is 2.87. The number of halogens is 1. The molecule has 0 unspecified atom stereocenters. The van der Waals surface area contributed by atoms with Gasteiger partial charge in [-0.05, 0) is 42.5 Å². The summed E-state index contributed by atoms with van der Waals surface area (Å²) in [7, 11) is 0. The predicted octanol–water partition coefficient (Wildman–Crippen LogP) is 2.49. The maximum Gasteiger partial charge on any atom is 0.313 e. The molecule has 2 amide bonds. The lowest BCUT2D eigenvalue weighted by atomic mass is 10.2. The number of amides is 2. The number of benzene rings is 1. The van der Waals surface area contributed by atoms with Gasteiger partial charge in [-0.1, -0.05) is 12.1 Å². The SMILES string of the molecule is Cc1ccc(NC(=O)C(=O)NCCc2cccs2)cc1F. The van der Waals surface area contributed by atoms with Gasteiger partial charge in [0.05, 0.1) is 0 Å². The number of thiophene rings is 1. The first-order valence-electron chi connectivity index (χ1n) is 6.44. The second-order valence-corrected chi connectivity index (χ2v) is 5.54. The summed E-state index contributed by atoms with van der Waals surface area (Å²) in [6.07, 6.45) is 0.676. The van der Waals surface area contributed by atoms with E-state index in [9.17, 15) is 14.0 Å². The van der Waals surface area contributed by atoms with Gasteiger partial charge in [0.25, 0.3) is 0 Å². The molecule has 0 saturated carbocycles. The van der Waals surface area contributed by atoms with Crippen molar-refractivity contribution in [1.29, 1.82) is 0 Å². The number of hydrogen-bond donors (Lipinski definition) is 2. The van der Waals surface area contributed by atoms with Crippen molar-refractivity contribution in [2.45, 2.75) is 13.3 Å². The molecule has 0 atom stereocenters. The van der Waals surface area contributed by atoms with Crippen LogP contribution in [0.4, 0.5) is 10.1 Å². The van der Waals surface area contributed by atoms with E-state index in [4.69, 9.17) is 0 Å². The first kappa shape index (κ1) is 15.2. The van der Waals surface area contributed by atoms with Crippen LogP contribution < -0.4 is 10.6 Å². The first-order chi connectivity index (χ1) is 10.1. The molecule has 6 heteroatoms. The molecule has 110 valence electrons. The van der Waals surface area contributed by atoms with Gasteiger partial charge in [0, 0.05) is 17.1 Å². The normalized spacial score (nSPS) is 10.2. The van der Waals surface area contributed by atoms with Crippen molar-refractivity contribution >= 4 is 28.8 Å². The second kappa shape index (κ2) is 6.99. The fourth-order valence-electron chi connectivity index (χ4n) is 1.69. The molecule has 0 spiro atoms. The van der Waals surface area contributed by atoms with Gasteiger partial charge < -0.3 is 10.6 Å². The number of carbonyl (C=O) groups is 2. The average molecular weight is 306 g/mol. The van der Waals surface area contributed by atoms with Gasteiger partial charge in [-0.2, -0.15) is 0 Å². The Kier molecular flexibility index (Phi) is 5.05. The van der Waals surface area contributed by atoms with E-state index >= 15 is 0 Å². The Labute approximate surface area is 126 Å². The maximum absolute atomic E-state index is 13.3. The van der Waals surface area contributed by atoms with E-state index in [0.29, 0.717) is 18.5 Å². The standard InChI is InChI=1S/C15H15FN2O2S/c1-10-4-5-11(9-13(10)16)18-15(20)14(19)17-7-6-12-3-2-8-21-12/h2-5,8-9H,6-7H2,1H3,(H,17,19)(H,18,20). The molecule has 0 saturated heterocycles. The highest BCUT2D eigenvalue weighted by atomic mass is 32.1. The maximum atomic E-state index is 13.3. The highest BCUT2D eigenvalue weighted by Crippen LogP contribution is 2.13. The third-order valence-corrected chi connectivity index (χ3v) is 3.81. The van der Waals surface area contributed by atoms with Crippen molar-refractivity contribution in [2.24, 2.45) is 0 Å². The van der Waals surface area contributed by atoms with E-state index < -0.39 is 17.6 Å². The summed E-state index contributed by atoms with van der Waals surface area (Å²) >= 11 is 1.60. The van der Waals surface area contributed by atoms with E-state index in [1.54, 1.807) is 30.4 Å². The lowest BCUT2D eigenvalue weighted by molar-refractivity contribution is -0.136. The largest absolute Gasteiger partial charge is 0.347 e. The molecule has 0 aliphatic rings. The van der Waals surface area contributed by atoms with Gasteiger partial charge in [-0.3, -0.25) is 9.59 Å². The fraction of sp³-hybridized carbons (Fsp3) is 0.200. The van der Waals surface area contributed by atoms with Crippen LogP contribution in [0, 0.1) is 12.7 Å². The molecule has 2 N–H and O–H groups in total. The Morgan fingerprint density at radius 3 is 2.71 bits per heavy atom. The van der Waals surface area contributed by atoms with E-state index in [1.165, 1.54) is 6.07 Å². The minimum atomic E-state index is -0.801. The fourth-order valence-corrected chi connectivity index (χ4v) is 2.40. The number of rotatable bonds is 4. The van der Waals surface area contributed by atoms with Crippen LogP contribution in [0.3, 0.4) is 0 Å². The van der Waals surface area contributed by atoms with Gasteiger partial charge in [0.2, 0.25) is 0 Å². The smallest absolute Gasteiger partial charge is 0.313 e. The Balaban J connectivity index is 1.81. The van der Waals surface area contributed by atoms with Crippen LogP contribution in [-0.4, -0.2) is 18.4 Å². The van der Waals surface area contributed by atoms with Gasteiger partial charge in [-0.15, -0.1) is 11.3 Å². The Morgan fingerprint density at radius 1 is 1.24 bits per heavy atom. The molecule has 4 nitrogen and oxygen atoms in total. The molecular weight excluding hydrogens is 291 g/mol. The quantitative estimate of drug-likeness (QED) is 0.853. The number of aryl methyl sites for hydroxylation is 1. The Bertz CT molecular complexity index is 641. The zero-order valence-corrected chi connectivity index (χ0v) is 12.3. The van der Waals surface area contributed by atoms with Gasteiger partial charge >= 0.3 is 11.8 Å². The van der Waals surface area contributed by atoms with Crippen molar-refractivity contribution in [3.05, 3.63) is 52.0 Å². The number of anilines is 1. The Morgan fingerprint density at radius 2 is 2.05 bits per heavy atom. The molecule has 2 aromatic rings. The van der Waals surface area contributed by atoms with E-state index in [-0.39, 0.29) is 5.69 Å². The molecule has 0 bridgehead atoms. The van der Waals surface area contributed by atoms with E-state index in [2.05, 4.69) is 10.6 Å². The highest BCUT2D eigenvalue weighted by Gasteiger charge is 2.13. The minimum absolute atomic E-state index is 0.261. The lowest BCUT2D eigenvalue weighted by Crippen LogP contribution is -2.36. The zero-order valence-electron chi connectivity index (χ0n) is 11.5. The van der Waals surface area contributed by atoms with Crippen molar-refractivity contribution in [3.63, 3.8) is 0 Å². The molecule has 1 aromatic carbocycles. The predicted molar refractivity (Wildman–Crippen MR) is 80.8 cm³/mol. The average Bonchev–Trinajstić information content (AvgIpc) is 2.96. The number of carbonyl (C=O) groups excluding carboxylic acids is 2. The van der Waals surface area contributed by atoms with Crippen LogP contribution in [0.2, 0.25) is 0 Å². The van der Waals surface area contributed by atoms with Gasteiger partial charge in [0.15, 0.2) is 0 Å². The summed E-state index contributed by atoms with van der Waals surface area (Å²) in [5.41, 5.74) is 0.741. The molecule has 0 fully saturated rings. The summed E-state index contributed by atoms with van der Waals surface area (Å²) in [5.74, 6) is -1.96. The van der Waals surface area contributed by atoms with Gasteiger partial charge in [-0.25, -0.2) is 4.39 Å².